The molecule has 2 heterocycles. The Morgan fingerprint density at radius 1 is 1.33 bits per heavy atom. The van der Waals surface area contributed by atoms with Crippen molar-refractivity contribution in [2.75, 3.05) is 0 Å². The van der Waals surface area contributed by atoms with Gasteiger partial charge in [-0.05, 0) is 24.3 Å². The number of carbonyl (C=O) groups is 1. The van der Waals surface area contributed by atoms with E-state index in [1.165, 1.54) is 0 Å². The molecule has 0 fully saturated rings. The molecule has 72 valence electrons. The first kappa shape index (κ1) is 8.11. The van der Waals surface area contributed by atoms with E-state index in [4.69, 9.17) is 5.11 Å². The molecule has 1 aromatic rings. The van der Waals surface area contributed by atoms with Crippen molar-refractivity contribution >= 4 is 29.5 Å². The second-order valence-electron chi connectivity index (χ2n) is 3.36. The zero-order valence-electron chi connectivity index (χ0n) is 7.64. The van der Waals surface area contributed by atoms with Crippen molar-refractivity contribution in [1.82, 2.24) is 0 Å². The monoisotopic (exact) mass is 198 g/mol. The van der Waals surface area contributed by atoms with E-state index in [2.05, 4.69) is 9.98 Å². The van der Waals surface area contributed by atoms with Gasteiger partial charge in [0.25, 0.3) is 0 Å². The van der Waals surface area contributed by atoms with E-state index >= 15 is 0 Å². The van der Waals surface area contributed by atoms with Gasteiger partial charge in [0.2, 0.25) is 0 Å². The van der Waals surface area contributed by atoms with Gasteiger partial charge in [0.05, 0.1) is 11.0 Å². The fraction of sp³-hybridized carbons (Fsp3) is 0. The smallest absolute Gasteiger partial charge is 0.354 e. The SMILES string of the molecule is O=C(O)C1=Nc2cc3c(cc2=C1)C=CN=3. The lowest BCUT2D eigenvalue weighted by Gasteiger charge is -1.92. The molecule has 0 spiro atoms. The van der Waals surface area contributed by atoms with Crippen molar-refractivity contribution in [3.63, 3.8) is 0 Å². The number of nitrogens with zero attached hydrogens (tertiary/aromatic N) is 2. The summed E-state index contributed by atoms with van der Waals surface area (Å²) in [6.45, 7) is 0. The van der Waals surface area contributed by atoms with Gasteiger partial charge < -0.3 is 5.11 Å². The average molecular weight is 198 g/mol. The molecule has 3 rings (SSSR count). The van der Waals surface area contributed by atoms with E-state index in [1.807, 2.05) is 12.1 Å². The highest BCUT2D eigenvalue weighted by molar-refractivity contribution is 6.49. The summed E-state index contributed by atoms with van der Waals surface area (Å²) in [5.74, 6) is -1.00. The summed E-state index contributed by atoms with van der Waals surface area (Å²) in [6, 6.07) is 3.70. The topological polar surface area (TPSA) is 62.0 Å². The Morgan fingerprint density at radius 3 is 3.00 bits per heavy atom. The predicted octanol–water partition coefficient (Wildman–Crippen LogP) is 0.242. The van der Waals surface area contributed by atoms with Crippen molar-refractivity contribution in [3.8, 4) is 0 Å². The summed E-state index contributed by atoms with van der Waals surface area (Å²) in [6.07, 6.45) is 5.19. The molecule has 4 heteroatoms. The van der Waals surface area contributed by atoms with Crippen molar-refractivity contribution in [3.05, 3.63) is 34.5 Å². The van der Waals surface area contributed by atoms with E-state index < -0.39 is 5.97 Å². The van der Waals surface area contributed by atoms with Gasteiger partial charge in [-0.3, -0.25) is 4.99 Å². The van der Waals surface area contributed by atoms with Crippen LogP contribution in [0, 0.1) is 0 Å². The third-order valence-corrected chi connectivity index (χ3v) is 2.40. The van der Waals surface area contributed by atoms with Crippen LogP contribution in [-0.4, -0.2) is 16.8 Å². The van der Waals surface area contributed by atoms with Gasteiger partial charge in [0.1, 0.15) is 5.71 Å². The normalized spacial score (nSPS) is 15.1. The molecule has 0 bridgehead atoms. The zero-order valence-corrected chi connectivity index (χ0v) is 7.64. The molecule has 1 aromatic carbocycles. The van der Waals surface area contributed by atoms with Gasteiger partial charge in [0.15, 0.2) is 0 Å². The van der Waals surface area contributed by atoms with Gasteiger partial charge >= 0.3 is 5.97 Å². The molecule has 0 saturated heterocycles. The number of aliphatic imine (C=N–C) groups is 1. The second-order valence-corrected chi connectivity index (χ2v) is 3.36. The lowest BCUT2D eigenvalue weighted by atomic mass is 10.1. The van der Waals surface area contributed by atoms with Crippen LogP contribution >= 0.6 is 0 Å². The Labute approximate surface area is 84.6 Å². The number of hydrogen-bond acceptors (Lipinski definition) is 3. The average Bonchev–Trinajstić information content (AvgIpc) is 2.77. The van der Waals surface area contributed by atoms with Crippen LogP contribution in [0.4, 0.5) is 5.69 Å². The minimum absolute atomic E-state index is 0.0812. The van der Waals surface area contributed by atoms with Crippen LogP contribution in [0.5, 0.6) is 0 Å². The van der Waals surface area contributed by atoms with Crippen molar-refractivity contribution in [2.24, 2.45) is 9.98 Å². The number of aliphatic carboxylic acids is 1. The van der Waals surface area contributed by atoms with Gasteiger partial charge in [-0.15, -0.1) is 0 Å². The van der Waals surface area contributed by atoms with Gasteiger partial charge in [-0.25, -0.2) is 9.79 Å². The Balaban J connectivity index is 2.27. The summed E-state index contributed by atoms with van der Waals surface area (Å²) in [4.78, 5) is 18.9. The van der Waals surface area contributed by atoms with Crippen LogP contribution in [0.2, 0.25) is 0 Å². The summed E-state index contributed by atoms with van der Waals surface area (Å²) in [5.41, 5.74) is 1.77. The number of rotatable bonds is 1. The molecule has 0 aromatic heterocycles. The third kappa shape index (κ3) is 1.11. The minimum Gasteiger partial charge on any atom is -0.477 e. The predicted molar refractivity (Wildman–Crippen MR) is 55.5 cm³/mol. The third-order valence-electron chi connectivity index (χ3n) is 2.40. The molecule has 0 unspecified atom stereocenters. The van der Waals surface area contributed by atoms with Crippen LogP contribution < -0.4 is 10.6 Å². The number of hydrogen-bond donors (Lipinski definition) is 1. The van der Waals surface area contributed by atoms with Crippen LogP contribution in [0.3, 0.4) is 0 Å². The highest BCUT2D eigenvalue weighted by Crippen LogP contribution is 2.12. The van der Waals surface area contributed by atoms with Gasteiger partial charge in [-0.1, -0.05) is 0 Å². The van der Waals surface area contributed by atoms with E-state index in [9.17, 15) is 4.79 Å². The summed E-state index contributed by atoms with van der Waals surface area (Å²) in [5, 5.41) is 10.5. The summed E-state index contributed by atoms with van der Waals surface area (Å²) in [7, 11) is 0. The molecule has 0 aliphatic carbocycles. The number of carboxylic acid groups (broad SMARTS) is 1. The summed E-state index contributed by atoms with van der Waals surface area (Å²) >= 11 is 0. The molecule has 15 heavy (non-hydrogen) atoms. The van der Waals surface area contributed by atoms with E-state index in [0.29, 0.717) is 5.69 Å². The van der Waals surface area contributed by atoms with Gasteiger partial charge in [0, 0.05) is 17.0 Å². The maximum atomic E-state index is 10.7. The Hall–Kier alpha value is -2.23. The highest BCUT2D eigenvalue weighted by Gasteiger charge is 2.14. The number of carboxylic acids is 1. The maximum absolute atomic E-state index is 10.7. The van der Waals surface area contributed by atoms with Crippen molar-refractivity contribution < 1.29 is 9.90 Å². The van der Waals surface area contributed by atoms with Crippen LogP contribution in [0.15, 0.2) is 28.3 Å². The fourth-order valence-corrected chi connectivity index (χ4v) is 1.69. The Kier molecular flexibility index (Phi) is 1.42. The molecular weight excluding hydrogens is 192 g/mol. The fourth-order valence-electron chi connectivity index (χ4n) is 1.69. The first-order chi connectivity index (χ1) is 7.24. The molecule has 4 nitrogen and oxygen atoms in total. The van der Waals surface area contributed by atoms with Crippen LogP contribution in [0.25, 0.3) is 12.2 Å². The Morgan fingerprint density at radius 2 is 2.20 bits per heavy atom. The van der Waals surface area contributed by atoms with Gasteiger partial charge in [-0.2, -0.15) is 0 Å². The van der Waals surface area contributed by atoms with E-state index in [-0.39, 0.29) is 5.71 Å². The molecule has 0 saturated carbocycles. The van der Waals surface area contributed by atoms with E-state index in [1.54, 1.807) is 18.3 Å². The quantitative estimate of drug-likeness (QED) is 0.702. The molecular formula is C11H6N2O2. The molecule has 1 N–H and O–H groups in total. The van der Waals surface area contributed by atoms with Crippen molar-refractivity contribution in [2.45, 2.75) is 0 Å². The number of benzene rings is 1. The van der Waals surface area contributed by atoms with Crippen molar-refractivity contribution in [1.29, 1.82) is 0 Å². The molecule has 0 amide bonds. The maximum Gasteiger partial charge on any atom is 0.354 e. The van der Waals surface area contributed by atoms with E-state index in [0.717, 1.165) is 16.1 Å². The lowest BCUT2D eigenvalue weighted by Crippen LogP contribution is -2.11. The van der Waals surface area contributed by atoms with Crippen LogP contribution in [-0.2, 0) is 4.79 Å². The molecule has 0 atom stereocenters. The largest absolute Gasteiger partial charge is 0.477 e. The summed E-state index contributed by atoms with van der Waals surface area (Å²) < 4.78 is 0. The Bertz CT molecular complexity index is 654. The highest BCUT2D eigenvalue weighted by atomic mass is 16.4. The van der Waals surface area contributed by atoms with Crippen LogP contribution in [0.1, 0.15) is 5.56 Å². The molecule has 2 aliphatic heterocycles. The first-order valence-corrected chi connectivity index (χ1v) is 4.46. The first-order valence-electron chi connectivity index (χ1n) is 4.46. The molecule has 0 radical (unpaired) electrons. The zero-order chi connectivity index (χ0) is 10.4. The minimum atomic E-state index is -1.00. The molecule has 2 aliphatic rings. The lowest BCUT2D eigenvalue weighted by molar-refractivity contribution is -0.129. The number of fused-ring (bicyclic) bond motifs is 2. The standard InChI is InChI=1S/C11H6N2O2/c14-11(15)10-4-7-3-6-1-2-12-8(6)5-9(7)13-10/h1-5H,(H,14,15). The second kappa shape index (κ2) is 2.63.